The average Bonchev–Trinajstić information content (AvgIpc) is 3.19. The molecule has 1 atom stereocenters. The lowest BCUT2D eigenvalue weighted by Gasteiger charge is -2.18. The number of nitrogens with one attached hydrogen (secondary N) is 1. The number of carbonyl (C=O) groups is 2. The molecule has 5 nitrogen and oxygen atoms in total. The summed E-state index contributed by atoms with van der Waals surface area (Å²) in [5, 5.41) is 3.37. The summed E-state index contributed by atoms with van der Waals surface area (Å²) >= 11 is 0. The quantitative estimate of drug-likeness (QED) is 0.723. The van der Waals surface area contributed by atoms with Crippen molar-refractivity contribution in [3.8, 4) is 0 Å². The molecule has 5 heteroatoms. The van der Waals surface area contributed by atoms with Crippen LogP contribution in [-0.4, -0.2) is 17.9 Å². The van der Waals surface area contributed by atoms with Crippen molar-refractivity contribution in [3.63, 3.8) is 0 Å². The molecule has 0 aliphatic heterocycles. The molecule has 2 amide bonds. The number of nitrogens with two attached hydrogens (primary N) is 2. The smallest absolute Gasteiger partial charge is 0.248 e. The monoisotopic (exact) mass is 261 g/mol. The predicted octanol–water partition coefficient (Wildman–Crippen LogP) is 1.48. The molecule has 1 aliphatic carbocycles. The van der Waals surface area contributed by atoms with Gasteiger partial charge in [-0.25, -0.2) is 0 Å². The van der Waals surface area contributed by atoms with E-state index in [0.717, 1.165) is 12.1 Å². The van der Waals surface area contributed by atoms with E-state index in [1.165, 1.54) is 18.9 Å². The van der Waals surface area contributed by atoms with E-state index in [4.69, 9.17) is 11.5 Å². The van der Waals surface area contributed by atoms with Crippen LogP contribution in [0.15, 0.2) is 18.2 Å². The minimum absolute atomic E-state index is 0.296. The first-order chi connectivity index (χ1) is 9.01. The summed E-state index contributed by atoms with van der Waals surface area (Å²) in [6.07, 6.45) is 3.45. The Morgan fingerprint density at radius 3 is 2.11 bits per heavy atom. The van der Waals surface area contributed by atoms with Gasteiger partial charge in [0.15, 0.2) is 0 Å². The molecular weight excluding hydrogens is 242 g/mol. The third-order valence-corrected chi connectivity index (χ3v) is 3.48. The van der Waals surface area contributed by atoms with Crippen molar-refractivity contribution in [2.75, 3.05) is 5.32 Å². The first-order valence-electron chi connectivity index (χ1n) is 6.52. The second-order valence-electron chi connectivity index (χ2n) is 5.02. The van der Waals surface area contributed by atoms with Crippen LogP contribution in [0.4, 0.5) is 5.69 Å². The van der Waals surface area contributed by atoms with Crippen LogP contribution < -0.4 is 16.8 Å². The van der Waals surface area contributed by atoms with Crippen molar-refractivity contribution in [2.24, 2.45) is 17.4 Å². The van der Waals surface area contributed by atoms with Gasteiger partial charge in [-0.1, -0.05) is 6.92 Å². The zero-order valence-corrected chi connectivity index (χ0v) is 11.0. The number of hydrogen-bond acceptors (Lipinski definition) is 3. The molecule has 5 N–H and O–H groups in total. The Morgan fingerprint density at radius 1 is 1.21 bits per heavy atom. The van der Waals surface area contributed by atoms with Crippen molar-refractivity contribution in [2.45, 2.75) is 32.2 Å². The van der Waals surface area contributed by atoms with Gasteiger partial charge in [-0.05, 0) is 43.4 Å². The van der Waals surface area contributed by atoms with Crippen LogP contribution in [0.5, 0.6) is 0 Å². The van der Waals surface area contributed by atoms with Crippen molar-refractivity contribution < 1.29 is 9.59 Å². The van der Waals surface area contributed by atoms with Crippen molar-refractivity contribution in [1.29, 1.82) is 0 Å². The van der Waals surface area contributed by atoms with Gasteiger partial charge in [0.2, 0.25) is 11.8 Å². The maximum absolute atomic E-state index is 11.3. The summed E-state index contributed by atoms with van der Waals surface area (Å²) in [6.45, 7) is 2.11. The maximum atomic E-state index is 11.3. The highest BCUT2D eigenvalue weighted by Crippen LogP contribution is 2.35. The van der Waals surface area contributed by atoms with E-state index in [1.807, 2.05) is 0 Å². The first kappa shape index (κ1) is 13.4. The fourth-order valence-corrected chi connectivity index (χ4v) is 2.26. The largest absolute Gasteiger partial charge is 0.382 e. The number of primary amides is 2. The Labute approximate surface area is 112 Å². The predicted molar refractivity (Wildman–Crippen MR) is 73.9 cm³/mol. The molecule has 102 valence electrons. The molecule has 1 unspecified atom stereocenters. The lowest BCUT2D eigenvalue weighted by atomic mass is 10.1. The molecular formula is C14H19N3O2. The van der Waals surface area contributed by atoms with E-state index in [9.17, 15) is 9.59 Å². The van der Waals surface area contributed by atoms with E-state index < -0.39 is 11.8 Å². The molecule has 0 heterocycles. The minimum atomic E-state index is -0.564. The molecule has 1 aromatic carbocycles. The van der Waals surface area contributed by atoms with Gasteiger partial charge in [-0.2, -0.15) is 0 Å². The highest BCUT2D eigenvalue weighted by molar-refractivity contribution is 5.99. The maximum Gasteiger partial charge on any atom is 0.248 e. The standard InChI is InChI=1S/C14H19N3O2/c1-2-12(8-3-4-8)17-11-6-9(13(15)18)5-10(7-11)14(16)19/h5-8,12,17H,2-4H2,1H3,(H2,15,18)(H2,16,19). The molecule has 0 radical (unpaired) electrons. The van der Waals surface area contributed by atoms with Gasteiger partial charge >= 0.3 is 0 Å². The van der Waals surface area contributed by atoms with E-state index in [0.29, 0.717) is 23.1 Å². The molecule has 1 aromatic rings. The topological polar surface area (TPSA) is 98.2 Å². The second kappa shape index (κ2) is 5.30. The Hall–Kier alpha value is -2.04. The third-order valence-electron chi connectivity index (χ3n) is 3.48. The summed E-state index contributed by atoms with van der Waals surface area (Å²) in [6, 6.07) is 5.12. The summed E-state index contributed by atoms with van der Waals surface area (Å²) in [5.41, 5.74) is 11.9. The summed E-state index contributed by atoms with van der Waals surface area (Å²) in [5.74, 6) is -0.449. The molecule has 1 aliphatic rings. The number of benzene rings is 1. The van der Waals surface area contributed by atoms with Crippen LogP contribution in [0.3, 0.4) is 0 Å². The van der Waals surface area contributed by atoms with Crippen LogP contribution in [0, 0.1) is 5.92 Å². The highest BCUT2D eigenvalue weighted by atomic mass is 16.1. The zero-order chi connectivity index (χ0) is 14.0. The minimum Gasteiger partial charge on any atom is -0.382 e. The number of anilines is 1. The Balaban J connectivity index is 2.27. The first-order valence-corrected chi connectivity index (χ1v) is 6.52. The van der Waals surface area contributed by atoms with Crippen LogP contribution >= 0.6 is 0 Å². The SMILES string of the molecule is CCC(Nc1cc(C(N)=O)cc(C(N)=O)c1)C1CC1. The molecule has 0 aromatic heterocycles. The fourth-order valence-electron chi connectivity index (χ4n) is 2.26. The Morgan fingerprint density at radius 2 is 1.74 bits per heavy atom. The average molecular weight is 261 g/mol. The van der Waals surface area contributed by atoms with E-state index >= 15 is 0 Å². The van der Waals surface area contributed by atoms with Gasteiger partial charge in [-0.15, -0.1) is 0 Å². The highest BCUT2D eigenvalue weighted by Gasteiger charge is 2.29. The fraction of sp³-hybridized carbons (Fsp3) is 0.429. The summed E-state index contributed by atoms with van der Waals surface area (Å²) < 4.78 is 0. The van der Waals surface area contributed by atoms with Crippen molar-refractivity contribution in [3.05, 3.63) is 29.3 Å². The van der Waals surface area contributed by atoms with Gasteiger partial charge in [0.05, 0.1) is 0 Å². The molecule has 2 rings (SSSR count). The number of carbonyl (C=O) groups excluding carboxylic acids is 2. The van der Waals surface area contributed by atoms with Crippen LogP contribution in [0.2, 0.25) is 0 Å². The van der Waals surface area contributed by atoms with Gasteiger partial charge < -0.3 is 16.8 Å². The second-order valence-corrected chi connectivity index (χ2v) is 5.02. The molecule has 19 heavy (non-hydrogen) atoms. The summed E-state index contributed by atoms with van der Waals surface area (Å²) in [7, 11) is 0. The lowest BCUT2D eigenvalue weighted by molar-refractivity contribution is 0.0999. The molecule has 0 bridgehead atoms. The van der Waals surface area contributed by atoms with Gasteiger partial charge in [0, 0.05) is 22.9 Å². The van der Waals surface area contributed by atoms with Crippen molar-refractivity contribution >= 4 is 17.5 Å². The van der Waals surface area contributed by atoms with Gasteiger partial charge in [0.25, 0.3) is 0 Å². The molecule has 1 fully saturated rings. The number of hydrogen-bond donors (Lipinski definition) is 3. The molecule has 0 spiro atoms. The third kappa shape index (κ3) is 3.24. The van der Waals surface area contributed by atoms with E-state index in [2.05, 4.69) is 12.2 Å². The number of amides is 2. The Kier molecular flexibility index (Phi) is 3.74. The van der Waals surface area contributed by atoms with Gasteiger partial charge in [-0.3, -0.25) is 9.59 Å². The van der Waals surface area contributed by atoms with Crippen LogP contribution in [-0.2, 0) is 0 Å². The van der Waals surface area contributed by atoms with E-state index in [1.54, 1.807) is 12.1 Å². The summed E-state index contributed by atoms with van der Waals surface area (Å²) in [4.78, 5) is 22.5. The van der Waals surface area contributed by atoms with Crippen molar-refractivity contribution in [1.82, 2.24) is 0 Å². The lowest BCUT2D eigenvalue weighted by Crippen LogP contribution is -2.22. The van der Waals surface area contributed by atoms with Crippen LogP contribution in [0.1, 0.15) is 46.9 Å². The Bertz CT molecular complexity index is 477. The number of rotatable bonds is 6. The molecule has 0 saturated heterocycles. The molecule has 1 saturated carbocycles. The zero-order valence-electron chi connectivity index (χ0n) is 11.0. The normalized spacial score (nSPS) is 15.8. The van der Waals surface area contributed by atoms with E-state index in [-0.39, 0.29) is 0 Å². The van der Waals surface area contributed by atoms with Gasteiger partial charge in [0.1, 0.15) is 0 Å². The van der Waals surface area contributed by atoms with Crippen LogP contribution in [0.25, 0.3) is 0 Å².